The molecule has 7 aromatic rings. The summed E-state index contributed by atoms with van der Waals surface area (Å²) < 4.78 is 64.4. The molecule has 259 valence electrons. The van der Waals surface area contributed by atoms with Crippen LogP contribution in [0.5, 0.6) is 0 Å². The van der Waals surface area contributed by atoms with E-state index in [9.17, 15) is 5.26 Å². The van der Waals surface area contributed by atoms with Gasteiger partial charge in [-0.25, -0.2) is 0 Å². The monoisotopic (exact) mass is 853 g/mol. The molecule has 3 heterocycles. The van der Waals surface area contributed by atoms with Crippen LogP contribution in [0, 0.1) is 42.6 Å². The van der Waals surface area contributed by atoms with E-state index in [4.69, 9.17) is 14.0 Å². The summed E-state index contributed by atoms with van der Waals surface area (Å²) in [5, 5.41) is 10.9. The molecule has 0 aliphatic heterocycles. The Morgan fingerprint density at radius 2 is 1.61 bits per heavy atom. The molecule has 4 nitrogen and oxygen atoms in total. The van der Waals surface area contributed by atoms with Gasteiger partial charge in [0.05, 0.1) is 18.6 Å². The molecule has 0 N–H and O–H groups in total. The number of aromatic nitrogens is 2. The summed E-state index contributed by atoms with van der Waals surface area (Å²) >= 11 is 0. The fourth-order valence-electron chi connectivity index (χ4n) is 5.83. The van der Waals surface area contributed by atoms with Gasteiger partial charge in [0.15, 0.2) is 0 Å². The number of fused-ring (bicyclic) bond motifs is 3. The third kappa shape index (κ3) is 8.54. The van der Waals surface area contributed by atoms with Crippen LogP contribution in [0.4, 0.5) is 0 Å². The Bertz CT molecular complexity index is 2610. The number of hydrogen-bond donors (Lipinski definition) is 0. The van der Waals surface area contributed by atoms with Crippen molar-refractivity contribution >= 4 is 21.9 Å². The average Bonchev–Trinajstić information content (AvgIpc) is 3.51. The van der Waals surface area contributed by atoms with E-state index in [1.165, 1.54) is 17.8 Å². The van der Waals surface area contributed by atoms with Crippen molar-refractivity contribution < 1.29 is 34.1 Å². The van der Waals surface area contributed by atoms with Crippen molar-refractivity contribution in [3.63, 3.8) is 0 Å². The quantitative estimate of drug-likeness (QED) is 0.166. The number of nitrogens with zero attached hydrogens (tertiary/aromatic N) is 3. The summed E-state index contributed by atoms with van der Waals surface area (Å²) in [6.45, 7) is 7.44. The number of nitriles is 1. The fraction of sp³-hybridized carbons (Fsp3) is 0.239. The molecule has 0 atom stereocenters. The van der Waals surface area contributed by atoms with Crippen LogP contribution in [-0.4, -0.2) is 9.97 Å². The van der Waals surface area contributed by atoms with E-state index >= 15 is 0 Å². The van der Waals surface area contributed by atoms with Crippen molar-refractivity contribution in [3.05, 3.63) is 143 Å². The molecule has 0 aliphatic carbocycles. The van der Waals surface area contributed by atoms with E-state index in [1.807, 2.05) is 57.3 Å². The van der Waals surface area contributed by atoms with Crippen LogP contribution >= 0.6 is 0 Å². The van der Waals surface area contributed by atoms with Crippen molar-refractivity contribution in [2.45, 2.75) is 67.1 Å². The van der Waals surface area contributed by atoms with Gasteiger partial charge in [-0.1, -0.05) is 94.9 Å². The zero-order valence-corrected chi connectivity index (χ0v) is 31.9. The molecular formula is C46H43IrN3O-2. The standard InChI is InChI=1S/C31H27N2O.C15H16N.Ir/c1-19-13-21(16-31(3,4)5)9-11-23(19)27-15-28(33-18-20(27)2)26-8-6-7-25-24-12-10-22(17-32)14-29(24)34-30(25)26;1-15(2,3)13-9-10-14(16-11-13)12-7-5-4-6-8-12;/h6-7,9-15,18H,16H2,1-5H3;4-7,9-11H,1-3H3;/q2*-1;/i1D3,2D3,11D;;. The zero-order valence-electron chi connectivity index (χ0n) is 36.5. The fourth-order valence-corrected chi connectivity index (χ4v) is 5.83. The van der Waals surface area contributed by atoms with Crippen molar-refractivity contribution in [1.82, 2.24) is 9.97 Å². The minimum atomic E-state index is -2.62. The maximum Gasteiger partial charge on any atom is 0.122 e. The molecule has 0 unspecified atom stereocenters. The summed E-state index contributed by atoms with van der Waals surface area (Å²) in [4.78, 5) is 8.92. The molecule has 0 saturated heterocycles. The second-order valence-electron chi connectivity index (χ2n) is 14.6. The molecule has 4 aromatic carbocycles. The summed E-state index contributed by atoms with van der Waals surface area (Å²) in [7, 11) is 0. The molecule has 51 heavy (non-hydrogen) atoms. The minimum absolute atomic E-state index is 0. The van der Waals surface area contributed by atoms with E-state index < -0.39 is 13.7 Å². The number of hydrogen-bond acceptors (Lipinski definition) is 4. The van der Waals surface area contributed by atoms with E-state index in [2.05, 4.69) is 61.1 Å². The molecule has 1 radical (unpaired) electrons. The third-order valence-electron chi connectivity index (χ3n) is 8.34. The molecule has 5 heteroatoms. The number of pyridine rings is 2. The zero-order chi connectivity index (χ0) is 41.5. The van der Waals surface area contributed by atoms with Gasteiger partial charge in [-0.15, -0.1) is 54.1 Å². The summed E-state index contributed by atoms with van der Waals surface area (Å²) in [5.74, 6) is 0. The predicted molar refractivity (Wildman–Crippen MR) is 206 cm³/mol. The molecule has 3 aromatic heterocycles. The van der Waals surface area contributed by atoms with Crippen molar-refractivity contribution in [3.8, 4) is 39.7 Å². The first kappa shape index (κ1) is 28.8. The maximum atomic E-state index is 9.30. The van der Waals surface area contributed by atoms with Crippen LogP contribution < -0.4 is 0 Å². The first-order valence-electron chi connectivity index (χ1n) is 20.0. The predicted octanol–water partition coefficient (Wildman–Crippen LogP) is 12.0. The Labute approximate surface area is 325 Å². The molecule has 0 aliphatic rings. The summed E-state index contributed by atoms with van der Waals surface area (Å²) in [5.41, 5.74) is 6.04. The SMILES string of the molecule is CC(C)(C)c1ccc(-c2[c-]cccc2)nc1.[2H]c1cc(CC(C)(C)C)cc(C([2H])([2H])[2H])c1-c1cc(-c2[c-]ccc3c2oc2cc(C#N)ccc23)ncc1C([2H])([2H])[2H].[Ir]. The second-order valence-corrected chi connectivity index (χ2v) is 14.6. The first-order valence-corrected chi connectivity index (χ1v) is 16.5. The molecule has 0 amide bonds. The van der Waals surface area contributed by atoms with Gasteiger partial charge in [0.2, 0.25) is 0 Å². The molecule has 0 bridgehead atoms. The van der Waals surface area contributed by atoms with Gasteiger partial charge in [-0.3, -0.25) is 0 Å². The smallest absolute Gasteiger partial charge is 0.122 e. The van der Waals surface area contributed by atoms with E-state index in [-0.39, 0.29) is 59.2 Å². The Morgan fingerprint density at radius 1 is 0.804 bits per heavy atom. The topological polar surface area (TPSA) is 62.7 Å². The third-order valence-corrected chi connectivity index (χ3v) is 8.34. The number of benzene rings is 4. The van der Waals surface area contributed by atoms with Gasteiger partial charge < -0.3 is 14.4 Å². The van der Waals surface area contributed by atoms with E-state index in [0.717, 1.165) is 22.0 Å². The van der Waals surface area contributed by atoms with Gasteiger partial charge in [0.25, 0.3) is 0 Å². The average molecular weight is 853 g/mol. The van der Waals surface area contributed by atoms with Crippen LogP contribution in [0.25, 0.3) is 55.6 Å². The van der Waals surface area contributed by atoms with E-state index in [0.29, 0.717) is 40.0 Å². The Kier molecular flexibility index (Phi) is 8.55. The summed E-state index contributed by atoms with van der Waals surface area (Å²) in [6.07, 6.45) is 3.72. The van der Waals surface area contributed by atoms with Crippen LogP contribution in [0.2, 0.25) is 0 Å². The molecule has 0 saturated carbocycles. The molecule has 0 fully saturated rings. The van der Waals surface area contributed by atoms with E-state index in [1.54, 1.807) is 36.4 Å². The van der Waals surface area contributed by atoms with Gasteiger partial charge in [0, 0.05) is 46.1 Å². The van der Waals surface area contributed by atoms with Crippen LogP contribution in [-0.2, 0) is 31.9 Å². The van der Waals surface area contributed by atoms with Crippen LogP contribution in [0.15, 0.2) is 108 Å². The van der Waals surface area contributed by atoms with Crippen molar-refractivity contribution in [2.75, 3.05) is 0 Å². The second kappa shape index (κ2) is 15.2. The largest absolute Gasteiger partial charge is 0.501 e. The van der Waals surface area contributed by atoms with Crippen LogP contribution in [0.1, 0.15) is 79.0 Å². The molecular weight excluding hydrogens is 803 g/mol. The Balaban J connectivity index is 0.000000315. The number of furan rings is 1. The number of rotatable bonds is 4. The van der Waals surface area contributed by atoms with Crippen molar-refractivity contribution in [1.29, 1.82) is 5.26 Å². The first-order chi connectivity index (χ1) is 26.6. The van der Waals surface area contributed by atoms with Gasteiger partial charge in [-0.05, 0) is 87.9 Å². The van der Waals surface area contributed by atoms with Crippen molar-refractivity contribution in [2.24, 2.45) is 5.41 Å². The van der Waals surface area contributed by atoms with Gasteiger partial charge in [-0.2, -0.15) is 5.26 Å². The number of aryl methyl sites for hydroxylation is 2. The van der Waals surface area contributed by atoms with Crippen LogP contribution in [0.3, 0.4) is 0 Å². The minimum Gasteiger partial charge on any atom is -0.501 e. The maximum absolute atomic E-state index is 9.30. The van der Waals surface area contributed by atoms with Gasteiger partial charge in [0.1, 0.15) is 5.58 Å². The van der Waals surface area contributed by atoms with Gasteiger partial charge >= 0.3 is 0 Å². The normalized spacial score (nSPS) is 13.9. The Morgan fingerprint density at radius 3 is 2.27 bits per heavy atom. The molecule has 7 rings (SSSR count). The molecule has 0 spiro atoms. The summed E-state index contributed by atoms with van der Waals surface area (Å²) in [6, 6.07) is 33.8. The Hall–Kier alpha value is -4.88.